The molecule has 18 heavy (non-hydrogen) atoms. The fourth-order valence-corrected chi connectivity index (χ4v) is 1.67. The van der Waals surface area contributed by atoms with Crippen LogP contribution in [-0.2, 0) is 0 Å². The third-order valence-electron chi connectivity index (χ3n) is 2.26. The van der Waals surface area contributed by atoms with Crippen LogP contribution in [0.3, 0.4) is 0 Å². The minimum absolute atomic E-state index is 0.389. The summed E-state index contributed by atoms with van der Waals surface area (Å²) in [5, 5.41) is 9.59. The standard InChI is InChI=1S/C13H8Cl2N2O/c14-10-3-2-9(6-11(10)15)18-13-4-1-8(7-16)5-12(13)17/h1-6H,17H2. The number of hydrogen-bond acceptors (Lipinski definition) is 3. The first kappa shape index (κ1) is 12.6. The molecule has 0 aliphatic heterocycles. The maximum atomic E-state index is 8.73. The van der Waals surface area contributed by atoms with Gasteiger partial charge in [0.15, 0.2) is 0 Å². The molecule has 90 valence electrons. The normalized spacial score (nSPS) is 9.83. The number of nitrogens with two attached hydrogens (primary N) is 1. The van der Waals surface area contributed by atoms with Crippen molar-refractivity contribution < 1.29 is 4.74 Å². The van der Waals surface area contributed by atoms with Crippen molar-refractivity contribution in [2.75, 3.05) is 5.73 Å². The molecule has 2 aromatic rings. The van der Waals surface area contributed by atoms with Crippen LogP contribution in [0.2, 0.25) is 10.0 Å². The Balaban J connectivity index is 2.29. The summed E-state index contributed by atoms with van der Waals surface area (Å²) in [6, 6.07) is 11.7. The van der Waals surface area contributed by atoms with E-state index in [1.165, 1.54) is 0 Å². The molecule has 0 saturated heterocycles. The summed E-state index contributed by atoms with van der Waals surface area (Å²) in [5.74, 6) is 0.994. The molecule has 3 nitrogen and oxygen atoms in total. The molecule has 2 rings (SSSR count). The Hall–Kier alpha value is -1.89. The first-order valence-corrected chi connectivity index (χ1v) is 5.78. The number of nitriles is 1. The lowest BCUT2D eigenvalue weighted by Gasteiger charge is -2.09. The van der Waals surface area contributed by atoms with Gasteiger partial charge < -0.3 is 10.5 Å². The molecule has 0 aliphatic carbocycles. The number of hydrogen-bond donors (Lipinski definition) is 1. The van der Waals surface area contributed by atoms with Gasteiger partial charge in [-0.25, -0.2) is 0 Å². The number of halogens is 2. The zero-order chi connectivity index (χ0) is 13.1. The lowest BCUT2D eigenvalue weighted by atomic mass is 10.2. The second-order valence-corrected chi connectivity index (χ2v) is 4.36. The Bertz CT molecular complexity index is 635. The lowest BCUT2D eigenvalue weighted by Crippen LogP contribution is -1.93. The Morgan fingerprint density at radius 2 is 1.83 bits per heavy atom. The first-order chi connectivity index (χ1) is 8.60. The molecule has 5 heteroatoms. The predicted octanol–water partition coefficient (Wildman–Crippen LogP) is 4.24. The fraction of sp³-hybridized carbons (Fsp3) is 0. The van der Waals surface area contributed by atoms with Gasteiger partial charge >= 0.3 is 0 Å². The number of anilines is 1. The van der Waals surface area contributed by atoms with Gasteiger partial charge in [-0.2, -0.15) is 5.26 Å². The van der Waals surface area contributed by atoms with Gasteiger partial charge in [0.1, 0.15) is 11.5 Å². The van der Waals surface area contributed by atoms with Gasteiger partial charge in [-0.3, -0.25) is 0 Å². The molecule has 0 saturated carbocycles. The van der Waals surface area contributed by atoms with Gasteiger partial charge in [0, 0.05) is 6.07 Å². The zero-order valence-electron chi connectivity index (χ0n) is 9.15. The summed E-state index contributed by atoms with van der Waals surface area (Å²) in [6.45, 7) is 0. The van der Waals surface area contributed by atoms with E-state index in [1.807, 2.05) is 6.07 Å². The number of rotatable bonds is 2. The second kappa shape index (κ2) is 5.18. The summed E-state index contributed by atoms with van der Waals surface area (Å²) in [5.41, 5.74) is 6.65. The maximum Gasteiger partial charge on any atom is 0.150 e. The summed E-state index contributed by atoms with van der Waals surface area (Å²) in [4.78, 5) is 0. The van der Waals surface area contributed by atoms with E-state index in [4.69, 9.17) is 38.9 Å². The number of nitrogen functional groups attached to an aromatic ring is 1. The van der Waals surface area contributed by atoms with Gasteiger partial charge in [-0.15, -0.1) is 0 Å². The monoisotopic (exact) mass is 278 g/mol. The van der Waals surface area contributed by atoms with E-state index in [0.717, 1.165) is 0 Å². The van der Waals surface area contributed by atoms with E-state index < -0.39 is 0 Å². The lowest BCUT2D eigenvalue weighted by molar-refractivity contribution is 0.485. The minimum Gasteiger partial charge on any atom is -0.455 e. The highest BCUT2D eigenvalue weighted by Gasteiger charge is 2.05. The number of nitrogens with zero attached hydrogens (tertiary/aromatic N) is 1. The third-order valence-corrected chi connectivity index (χ3v) is 3.00. The molecule has 2 N–H and O–H groups in total. The average molecular weight is 279 g/mol. The highest BCUT2D eigenvalue weighted by molar-refractivity contribution is 6.42. The van der Waals surface area contributed by atoms with Gasteiger partial charge in [0.05, 0.1) is 27.4 Å². The molecule has 2 aromatic carbocycles. The Morgan fingerprint density at radius 3 is 2.44 bits per heavy atom. The van der Waals surface area contributed by atoms with Crippen molar-refractivity contribution in [2.45, 2.75) is 0 Å². The summed E-state index contributed by atoms with van der Waals surface area (Å²) in [7, 11) is 0. The molecule has 0 bridgehead atoms. The number of benzene rings is 2. The topological polar surface area (TPSA) is 59.0 Å². The van der Waals surface area contributed by atoms with Crippen LogP contribution in [0, 0.1) is 11.3 Å². The average Bonchev–Trinajstić information content (AvgIpc) is 2.36. The second-order valence-electron chi connectivity index (χ2n) is 3.54. The molecule has 0 atom stereocenters. The van der Waals surface area contributed by atoms with Gasteiger partial charge in [0.25, 0.3) is 0 Å². The third kappa shape index (κ3) is 2.67. The highest BCUT2D eigenvalue weighted by atomic mass is 35.5. The molecule has 0 unspecified atom stereocenters. The Morgan fingerprint density at radius 1 is 1.06 bits per heavy atom. The van der Waals surface area contributed by atoms with E-state index in [1.54, 1.807) is 36.4 Å². The molecule has 0 aliphatic rings. The predicted molar refractivity (Wildman–Crippen MR) is 72.1 cm³/mol. The van der Waals surface area contributed by atoms with Crippen LogP contribution in [-0.4, -0.2) is 0 Å². The molecule has 0 aromatic heterocycles. The summed E-state index contributed by atoms with van der Waals surface area (Å²) >= 11 is 11.7. The molecule has 0 fully saturated rings. The van der Waals surface area contributed by atoms with Crippen molar-refractivity contribution >= 4 is 28.9 Å². The van der Waals surface area contributed by atoms with Crippen LogP contribution in [0.15, 0.2) is 36.4 Å². The maximum absolute atomic E-state index is 8.73. The largest absolute Gasteiger partial charge is 0.455 e. The Labute approximate surface area is 114 Å². The molecule has 0 amide bonds. The van der Waals surface area contributed by atoms with E-state index in [2.05, 4.69) is 0 Å². The van der Waals surface area contributed by atoms with Crippen molar-refractivity contribution in [3.05, 3.63) is 52.0 Å². The zero-order valence-corrected chi connectivity index (χ0v) is 10.7. The van der Waals surface area contributed by atoms with Crippen molar-refractivity contribution in [3.63, 3.8) is 0 Å². The van der Waals surface area contributed by atoms with E-state index >= 15 is 0 Å². The minimum atomic E-state index is 0.389. The van der Waals surface area contributed by atoms with Gasteiger partial charge in [0.2, 0.25) is 0 Å². The smallest absolute Gasteiger partial charge is 0.150 e. The van der Waals surface area contributed by atoms with Crippen LogP contribution in [0.1, 0.15) is 5.56 Å². The summed E-state index contributed by atoms with van der Waals surface area (Å²) in [6.07, 6.45) is 0. The molecular weight excluding hydrogens is 271 g/mol. The van der Waals surface area contributed by atoms with Crippen molar-refractivity contribution in [1.29, 1.82) is 5.26 Å². The summed E-state index contributed by atoms with van der Waals surface area (Å²) < 4.78 is 5.57. The molecule has 0 spiro atoms. The van der Waals surface area contributed by atoms with Gasteiger partial charge in [-0.05, 0) is 30.3 Å². The van der Waals surface area contributed by atoms with Crippen LogP contribution in [0.4, 0.5) is 5.69 Å². The highest BCUT2D eigenvalue weighted by Crippen LogP contribution is 2.32. The Kier molecular flexibility index (Phi) is 3.61. The van der Waals surface area contributed by atoms with Crippen molar-refractivity contribution in [2.24, 2.45) is 0 Å². The van der Waals surface area contributed by atoms with Crippen LogP contribution < -0.4 is 10.5 Å². The molecule has 0 radical (unpaired) electrons. The SMILES string of the molecule is N#Cc1ccc(Oc2ccc(Cl)c(Cl)c2)c(N)c1. The quantitative estimate of drug-likeness (QED) is 0.836. The van der Waals surface area contributed by atoms with Gasteiger partial charge in [-0.1, -0.05) is 23.2 Å². The van der Waals surface area contributed by atoms with E-state index in [0.29, 0.717) is 32.8 Å². The first-order valence-electron chi connectivity index (χ1n) is 5.02. The fourth-order valence-electron chi connectivity index (χ4n) is 1.38. The van der Waals surface area contributed by atoms with Crippen LogP contribution in [0.25, 0.3) is 0 Å². The number of ether oxygens (including phenoxy) is 1. The van der Waals surface area contributed by atoms with Crippen LogP contribution in [0.5, 0.6) is 11.5 Å². The van der Waals surface area contributed by atoms with E-state index in [9.17, 15) is 0 Å². The molecule has 0 heterocycles. The van der Waals surface area contributed by atoms with Crippen molar-refractivity contribution in [1.82, 2.24) is 0 Å². The molecular formula is C13H8Cl2N2O. The van der Waals surface area contributed by atoms with E-state index in [-0.39, 0.29) is 0 Å². The van der Waals surface area contributed by atoms with Crippen molar-refractivity contribution in [3.8, 4) is 17.6 Å². The van der Waals surface area contributed by atoms with Crippen LogP contribution >= 0.6 is 23.2 Å².